The van der Waals surface area contributed by atoms with Gasteiger partial charge in [-0.15, -0.1) is 0 Å². The highest BCUT2D eigenvalue weighted by atomic mass is 16.5. The van der Waals surface area contributed by atoms with Gasteiger partial charge in [0.2, 0.25) is 0 Å². The van der Waals surface area contributed by atoms with E-state index in [1.807, 2.05) is 26.8 Å². The van der Waals surface area contributed by atoms with Crippen LogP contribution in [-0.2, 0) is 4.79 Å². The lowest BCUT2D eigenvalue weighted by Crippen LogP contribution is -2.37. The molecule has 0 aliphatic heterocycles. The van der Waals surface area contributed by atoms with Crippen molar-refractivity contribution >= 4 is 17.7 Å². The van der Waals surface area contributed by atoms with Crippen molar-refractivity contribution in [2.45, 2.75) is 20.8 Å². The van der Waals surface area contributed by atoms with E-state index in [-0.39, 0.29) is 12.5 Å². The summed E-state index contributed by atoms with van der Waals surface area (Å²) in [6.07, 6.45) is 0. The van der Waals surface area contributed by atoms with Crippen LogP contribution >= 0.6 is 0 Å². The number of ether oxygens (including phenoxy) is 1. The maximum atomic E-state index is 11.9. The molecule has 1 aromatic carbocycles. The molecule has 1 unspecified atom stereocenters. The number of nitrogens with one attached hydrogen (secondary N) is 2. The van der Waals surface area contributed by atoms with Crippen molar-refractivity contribution in [2.75, 3.05) is 19.0 Å². The van der Waals surface area contributed by atoms with Crippen LogP contribution < -0.4 is 15.4 Å². The number of aryl methyl sites for hydroxylation is 1. The summed E-state index contributed by atoms with van der Waals surface area (Å²) in [5.41, 5.74) is 1.53. The molecule has 2 amide bonds. The second-order valence-corrected chi connectivity index (χ2v) is 5.23. The zero-order valence-electron chi connectivity index (χ0n) is 12.8. The van der Waals surface area contributed by atoms with Crippen LogP contribution in [0.2, 0.25) is 0 Å². The Morgan fingerprint density at radius 1 is 1.33 bits per heavy atom. The molecular formula is C15H22N2O4. The van der Waals surface area contributed by atoms with Crippen molar-refractivity contribution < 1.29 is 19.4 Å². The van der Waals surface area contributed by atoms with Gasteiger partial charge in [0.1, 0.15) is 5.75 Å². The third kappa shape index (κ3) is 4.98. The van der Waals surface area contributed by atoms with Crippen molar-refractivity contribution in [3.63, 3.8) is 0 Å². The van der Waals surface area contributed by atoms with Crippen LogP contribution in [0.25, 0.3) is 0 Å². The highest BCUT2D eigenvalue weighted by molar-refractivity contribution is 5.91. The van der Waals surface area contributed by atoms with E-state index in [4.69, 9.17) is 9.84 Å². The summed E-state index contributed by atoms with van der Waals surface area (Å²) in [5.74, 6) is -1.04. The van der Waals surface area contributed by atoms with Gasteiger partial charge in [-0.3, -0.25) is 4.79 Å². The summed E-state index contributed by atoms with van der Waals surface area (Å²) in [7, 11) is 1.52. The molecular weight excluding hydrogens is 272 g/mol. The second-order valence-electron chi connectivity index (χ2n) is 5.23. The molecule has 1 aromatic rings. The smallest absolute Gasteiger partial charge is 0.319 e. The topological polar surface area (TPSA) is 87.7 Å². The predicted octanol–water partition coefficient (Wildman–Crippen LogP) is 2.48. The largest absolute Gasteiger partial charge is 0.495 e. The van der Waals surface area contributed by atoms with Crippen LogP contribution in [0.15, 0.2) is 18.2 Å². The quantitative estimate of drug-likeness (QED) is 0.752. The number of hydrogen-bond acceptors (Lipinski definition) is 3. The van der Waals surface area contributed by atoms with Gasteiger partial charge in [0.05, 0.1) is 18.7 Å². The molecule has 0 bridgehead atoms. The molecule has 0 spiro atoms. The molecule has 1 rings (SSSR count). The molecule has 0 aliphatic rings. The van der Waals surface area contributed by atoms with E-state index >= 15 is 0 Å². The summed E-state index contributed by atoms with van der Waals surface area (Å²) in [6.45, 7) is 5.60. The Bertz CT molecular complexity index is 514. The summed E-state index contributed by atoms with van der Waals surface area (Å²) < 4.78 is 5.17. The molecule has 0 fully saturated rings. The van der Waals surface area contributed by atoms with E-state index < -0.39 is 17.9 Å². The predicted molar refractivity (Wildman–Crippen MR) is 80.7 cm³/mol. The van der Waals surface area contributed by atoms with E-state index in [0.29, 0.717) is 11.4 Å². The molecule has 116 valence electrons. The van der Waals surface area contributed by atoms with Crippen LogP contribution in [0.3, 0.4) is 0 Å². The number of urea groups is 1. The Kier molecular flexibility index (Phi) is 6.02. The highest BCUT2D eigenvalue weighted by Crippen LogP contribution is 2.25. The number of carbonyl (C=O) groups is 2. The van der Waals surface area contributed by atoms with E-state index in [9.17, 15) is 9.59 Å². The summed E-state index contributed by atoms with van der Waals surface area (Å²) in [6, 6.07) is 4.97. The minimum atomic E-state index is -0.918. The molecule has 0 aromatic heterocycles. The Morgan fingerprint density at radius 3 is 2.52 bits per heavy atom. The normalized spacial score (nSPS) is 11.9. The first-order valence-electron chi connectivity index (χ1n) is 6.77. The third-order valence-electron chi connectivity index (χ3n) is 3.21. The average molecular weight is 294 g/mol. The average Bonchev–Trinajstić information content (AvgIpc) is 2.38. The molecule has 0 saturated heterocycles. The zero-order chi connectivity index (χ0) is 16.0. The second kappa shape index (κ2) is 7.52. The molecule has 6 heteroatoms. The maximum Gasteiger partial charge on any atom is 0.319 e. The van der Waals surface area contributed by atoms with Gasteiger partial charge in [-0.25, -0.2) is 4.79 Å². The number of carboxylic acids is 1. The summed E-state index contributed by atoms with van der Waals surface area (Å²) in [5, 5.41) is 14.3. The third-order valence-corrected chi connectivity index (χ3v) is 3.21. The molecule has 6 nitrogen and oxygen atoms in total. The summed E-state index contributed by atoms with van der Waals surface area (Å²) in [4.78, 5) is 22.9. The van der Waals surface area contributed by atoms with Crippen LogP contribution in [-0.4, -0.2) is 30.8 Å². The first-order chi connectivity index (χ1) is 9.85. The van der Waals surface area contributed by atoms with Gasteiger partial charge in [0, 0.05) is 6.54 Å². The Hall–Kier alpha value is -2.24. The van der Waals surface area contributed by atoms with Crippen LogP contribution in [0.5, 0.6) is 5.75 Å². The van der Waals surface area contributed by atoms with Crippen LogP contribution in [0.4, 0.5) is 10.5 Å². The van der Waals surface area contributed by atoms with Gasteiger partial charge < -0.3 is 20.5 Å². The van der Waals surface area contributed by atoms with Crippen molar-refractivity contribution in [1.29, 1.82) is 0 Å². The molecule has 0 aliphatic carbocycles. The highest BCUT2D eigenvalue weighted by Gasteiger charge is 2.22. The van der Waals surface area contributed by atoms with Gasteiger partial charge in [0.25, 0.3) is 0 Å². The van der Waals surface area contributed by atoms with Crippen molar-refractivity contribution in [3.8, 4) is 5.75 Å². The molecule has 1 atom stereocenters. The van der Waals surface area contributed by atoms with Crippen molar-refractivity contribution in [1.82, 2.24) is 5.32 Å². The lowest BCUT2D eigenvalue weighted by molar-refractivity contribution is -0.142. The van der Waals surface area contributed by atoms with E-state index in [2.05, 4.69) is 10.6 Å². The van der Waals surface area contributed by atoms with Crippen LogP contribution in [0, 0.1) is 18.8 Å². The van der Waals surface area contributed by atoms with E-state index in [1.54, 1.807) is 12.1 Å². The molecule has 3 N–H and O–H groups in total. The summed E-state index contributed by atoms with van der Waals surface area (Å²) >= 11 is 0. The Labute approximate surface area is 124 Å². The van der Waals surface area contributed by atoms with Gasteiger partial charge in [-0.1, -0.05) is 19.9 Å². The van der Waals surface area contributed by atoms with Gasteiger partial charge in [0.15, 0.2) is 0 Å². The minimum absolute atomic E-state index is 0.0590. The number of carbonyl (C=O) groups excluding carboxylic acids is 1. The monoisotopic (exact) mass is 294 g/mol. The number of hydrogen-bond donors (Lipinski definition) is 3. The zero-order valence-corrected chi connectivity index (χ0v) is 12.8. The van der Waals surface area contributed by atoms with Crippen LogP contribution in [0.1, 0.15) is 19.4 Å². The number of benzene rings is 1. The molecule has 0 saturated carbocycles. The van der Waals surface area contributed by atoms with E-state index in [0.717, 1.165) is 5.56 Å². The Morgan fingerprint density at radius 2 is 2.00 bits per heavy atom. The number of methoxy groups -OCH3 is 1. The molecule has 21 heavy (non-hydrogen) atoms. The fraction of sp³-hybridized carbons (Fsp3) is 0.467. The first kappa shape index (κ1) is 16.8. The van der Waals surface area contributed by atoms with Gasteiger partial charge in [-0.05, 0) is 30.5 Å². The Balaban J connectivity index is 2.66. The number of rotatable bonds is 6. The number of amides is 2. The SMILES string of the molecule is COc1ccc(C)cc1NC(=O)NCC(C(=O)O)C(C)C. The fourth-order valence-electron chi connectivity index (χ4n) is 1.90. The van der Waals surface area contributed by atoms with Gasteiger partial charge >= 0.3 is 12.0 Å². The molecule has 0 radical (unpaired) electrons. The lowest BCUT2D eigenvalue weighted by atomic mass is 9.96. The van der Waals surface area contributed by atoms with Gasteiger partial charge in [-0.2, -0.15) is 0 Å². The first-order valence-corrected chi connectivity index (χ1v) is 6.77. The molecule has 0 heterocycles. The lowest BCUT2D eigenvalue weighted by Gasteiger charge is -2.17. The fourth-order valence-corrected chi connectivity index (χ4v) is 1.90. The van der Waals surface area contributed by atoms with Crippen molar-refractivity contribution in [3.05, 3.63) is 23.8 Å². The number of carboxylic acid groups (broad SMARTS) is 1. The number of aliphatic carboxylic acids is 1. The standard InChI is InChI=1S/C15H22N2O4/c1-9(2)11(14(18)19)8-16-15(20)17-12-7-10(3)5-6-13(12)21-4/h5-7,9,11H,8H2,1-4H3,(H,18,19)(H2,16,17,20). The maximum absolute atomic E-state index is 11.9. The number of anilines is 1. The minimum Gasteiger partial charge on any atom is -0.495 e. The van der Waals surface area contributed by atoms with Crippen molar-refractivity contribution in [2.24, 2.45) is 11.8 Å². The van der Waals surface area contributed by atoms with E-state index in [1.165, 1.54) is 7.11 Å².